The van der Waals surface area contributed by atoms with Crippen LogP contribution in [0.5, 0.6) is 5.75 Å². The first-order chi connectivity index (χ1) is 10.2. The van der Waals surface area contributed by atoms with Gasteiger partial charge in [-0.3, -0.25) is 0 Å². The van der Waals surface area contributed by atoms with Gasteiger partial charge in [-0.15, -0.1) is 24.0 Å². The zero-order valence-corrected chi connectivity index (χ0v) is 16.2. The molecule has 5 nitrogen and oxygen atoms in total. The number of benzene rings is 1. The molecule has 0 spiro atoms. The molecule has 0 radical (unpaired) electrons. The largest absolute Gasteiger partial charge is 0.489 e. The van der Waals surface area contributed by atoms with Gasteiger partial charge in [0.2, 0.25) is 0 Å². The minimum absolute atomic E-state index is 0. The van der Waals surface area contributed by atoms with Crippen molar-refractivity contribution in [3.05, 3.63) is 29.8 Å². The standard InChI is InChI=1S/C16H27N3O2.HI/c1-5-17-16(18-10-11-20-4)19-12-14(3)21-15-8-6-13(2)7-9-15;/h6-9,14H,5,10-12H2,1-4H3,(H2,17,18,19);1H. The van der Waals surface area contributed by atoms with E-state index >= 15 is 0 Å². The van der Waals surface area contributed by atoms with E-state index in [1.54, 1.807) is 7.11 Å². The van der Waals surface area contributed by atoms with E-state index in [1.807, 2.05) is 38.1 Å². The Morgan fingerprint density at radius 3 is 2.50 bits per heavy atom. The van der Waals surface area contributed by atoms with Crippen LogP contribution in [0.1, 0.15) is 19.4 Å². The number of aryl methyl sites for hydroxylation is 1. The highest BCUT2D eigenvalue weighted by Gasteiger charge is 2.04. The number of halogens is 1. The predicted molar refractivity (Wildman–Crippen MR) is 103 cm³/mol. The molecule has 1 rings (SSSR count). The minimum atomic E-state index is 0. The number of aliphatic imine (C=N–C) groups is 1. The number of hydrogen-bond donors (Lipinski definition) is 2. The van der Waals surface area contributed by atoms with Crippen LogP contribution in [0.3, 0.4) is 0 Å². The van der Waals surface area contributed by atoms with E-state index in [1.165, 1.54) is 5.56 Å². The normalized spacial score (nSPS) is 12.3. The molecule has 22 heavy (non-hydrogen) atoms. The molecule has 0 amide bonds. The van der Waals surface area contributed by atoms with Crippen molar-refractivity contribution in [2.45, 2.75) is 26.9 Å². The van der Waals surface area contributed by atoms with Crippen LogP contribution in [0.15, 0.2) is 29.3 Å². The van der Waals surface area contributed by atoms with Crippen LogP contribution in [0.25, 0.3) is 0 Å². The molecule has 0 aromatic heterocycles. The third-order valence-corrected chi connectivity index (χ3v) is 2.81. The van der Waals surface area contributed by atoms with Gasteiger partial charge in [-0.25, -0.2) is 4.99 Å². The van der Waals surface area contributed by atoms with Gasteiger partial charge < -0.3 is 20.1 Å². The Kier molecular flexibility index (Phi) is 11.9. The monoisotopic (exact) mass is 421 g/mol. The molecule has 0 saturated heterocycles. The molecule has 1 unspecified atom stereocenters. The highest BCUT2D eigenvalue weighted by Crippen LogP contribution is 2.13. The fourth-order valence-electron chi connectivity index (χ4n) is 1.72. The van der Waals surface area contributed by atoms with Crippen molar-refractivity contribution < 1.29 is 9.47 Å². The summed E-state index contributed by atoms with van der Waals surface area (Å²) in [6.45, 7) is 8.92. The molecule has 0 aliphatic carbocycles. The first-order valence-corrected chi connectivity index (χ1v) is 7.40. The maximum absolute atomic E-state index is 5.84. The first-order valence-electron chi connectivity index (χ1n) is 7.40. The molecule has 0 bridgehead atoms. The van der Waals surface area contributed by atoms with Crippen molar-refractivity contribution >= 4 is 29.9 Å². The third kappa shape index (κ3) is 9.09. The fourth-order valence-corrected chi connectivity index (χ4v) is 1.72. The van der Waals surface area contributed by atoms with Crippen LogP contribution >= 0.6 is 24.0 Å². The Morgan fingerprint density at radius 2 is 1.91 bits per heavy atom. The first kappa shape index (κ1) is 21.0. The van der Waals surface area contributed by atoms with Gasteiger partial charge in [-0.05, 0) is 32.9 Å². The number of ether oxygens (including phenoxy) is 2. The molecular weight excluding hydrogens is 393 g/mol. The van der Waals surface area contributed by atoms with Gasteiger partial charge in [0.25, 0.3) is 0 Å². The van der Waals surface area contributed by atoms with E-state index in [4.69, 9.17) is 9.47 Å². The summed E-state index contributed by atoms with van der Waals surface area (Å²) in [6, 6.07) is 8.05. The van der Waals surface area contributed by atoms with Crippen molar-refractivity contribution in [3.63, 3.8) is 0 Å². The van der Waals surface area contributed by atoms with Crippen molar-refractivity contribution in [2.24, 2.45) is 4.99 Å². The van der Waals surface area contributed by atoms with Crippen molar-refractivity contribution in [2.75, 3.05) is 33.4 Å². The molecule has 0 fully saturated rings. The maximum Gasteiger partial charge on any atom is 0.191 e. The average molecular weight is 421 g/mol. The summed E-state index contributed by atoms with van der Waals surface area (Å²) in [5, 5.41) is 6.40. The Balaban J connectivity index is 0.00000441. The second kappa shape index (κ2) is 12.5. The van der Waals surface area contributed by atoms with Gasteiger partial charge >= 0.3 is 0 Å². The molecule has 0 heterocycles. The van der Waals surface area contributed by atoms with E-state index in [0.717, 1.165) is 24.8 Å². The summed E-state index contributed by atoms with van der Waals surface area (Å²) in [5.74, 6) is 1.66. The van der Waals surface area contributed by atoms with Crippen molar-refractivity contribution in [1.82, 2.24) is 10.6 Å². The summed E-state index contributed by atoms with van der Waals surface area (Å²) in [5.41, 5.74) is 1.23. The predicted octanol–water partition coefficient (Wildman–Crippen LogP) is 2.58. The number of hydrogen-bond acceptors (Lipinski definition) is 3. The lowest BCUT2D eigenvalue weighted by atomic mass is 10.2. The average Bonchev–Trinajstić information content (AvgIpc) is 2.47. The molecule has 2 N–H and O–H groups in total. The molecule has 1 atom stereocenters. The summed E-state index contributed by atoms with van der Waals surface area (Å²) >= 11 is 0. The van der Waals surface area contributed by atoms with E-state index < -0.39 is 0 Å². The number of methoxy groups -OCH3 is 1. The van der Waals surface area contributed by atoms with Gasteiger partial charge in [-0.1, -0.05) is 17.7 Å². The SMILES string of the molecule is CCNC(=NCC(C)Oc1ccc(C)cc1)NCCOC.I. The molecule has 126 valence electrons. The third-order valence-electron chi connectivity index (χ3n) is 2.81. The van der Waals surface area contributed by atoms with E-state index in [2.05, 4.69) is 22.5 Å². The molecular formula is C16H28IN3O2. The summed E-state index contributed by atoms with van der Waals surface area (Å²) in [4.78, 5) is 4.51. The lowest BCUT2D eigenvalue weighted by molar-refractivity contribution is 0.203. The number of guanidine groups is 1. The van der Waals surface area contributed by atoms with Gasteiger partial charge in [0.15, 0.2) is 5.96 Å². The second-order valence-electron chi connectivity index (χ2n) is 4.88. The van der Waals surface area contributed by atoms with Gasteiger partial charge in [-0.2, -0.15) is 0 Å². The Labute approximate surface area is 150 Å². The maximum atomic E-state index is 5.84. The van der Waals surface area contributed by atoms with Gasteiger partial charge in [0, 0.05) is 20.2 Å². The van der Waals surface area contributed by atoms with Crippen LogP contribution in [-0.4, -0.2) is 45.4 Å². The second-order valence-corrected chi connectivity index (χ2v) is 4.88. The quantitative estimate of drug-likeness (QED) is 0.293. The smallest absolute Gasteiger partial charge is 0.191 e. The summed E-state index contributed by atoms with van der Waals surface area (Å²) in [7, 11) is 1.68. The molecule has 0 aliphatic rings. The Hall–Kier alpha value is -1.02. The molecule has 6 heteroatoms. The fraction of sp³-hybridized carbons (Fsp3) is 0.562. The van der Waals surface area contributed by atoms with Crippen LogP contribution in [0, 0.1) is 6.92 Å². The zero-order chi connectivity index (χ0) is 15.5. The van der Waals surface area contributed by atoms with E-state index in [9.17, 15) is 0 Å². The minimum Gasteiger partial charge on any atom is -0.489 e. The van der Waals surface area contributed by atoms with Crippen molar-refractivity contribution in [1.29, 1.82) is 0 Å². The van der Waals surface area contributed by atoms with E-state index in [0.29, 0.717) is 13.2 Å². The van der Waals surface area contributed by atoms with E-state index in [-0.39, 0.29) is 30.1 Å². The van der Waals surface area contributed by atoms with Crippen LogP contribution in [0.2, 0.25) is 0 Å². The lowest BCUT2D eigenvalue weighted by Crippen LogP contribution is -2.39. The Morgan fingerprint density at radius 1 is 1.23 bits per heavy atom. The number of nitrogens with one attached hydrogen (secondary N) is 2. The summed E-state index contributed by atoms with van der Waals surface area (Å²) in [6.07, 6.45) is 0.0191. The molecule has 0 aliphatic heterocycles. The molecule has 1 aromatic rings. The van der Waals surface area contributed by atoms with Crippen molar-refractivity contribution in [3.8, 4) is 5.75 Å². The Bertz CT molecular complexity index is 424. The topological polar surface area (TPSA) is 54.9 Å². The molecule has 1 aromatic carbocycles. The zero-order valence-electron chi connectivity index (χ0n) is 13.9. The van der Waals surface area contributed by atoms with Crippen LogP contribution in [0.4, 0.5) is 0 Å². The van der Waals surface area contributed by atoms with Gasteiger partial charge in [0.05, 0.1) is 13.2 Å². The number of rotatable bonds is 8. The number of nitrogens with zero attached hydrogens (tertiary/aromatic N) is 1. The van der Waals surface area contributed by atoms with Crippen LogP contribution < -0.4 is 15.4 Å². The summed E-state index contributed by atoms with van der Waals surface area (Å²) < 4.78 is 10.9. The van der Waals surface area contributed by atoms with Gasteiger partial charge in [0.1, 0.15) is 11.9 Å². The molecule has 0 saturated carbocycles. The van der Waals surface area contributed by atoms with Crippen LogP contribution in [-0.2, 0) is 4.74 Å². The highest BCUT2D eigenvalue weighted by molar-refractivity contribution is 14.0. The lowest BCUT2D eigenvalue weighted by Gasteiger charge is -2.15. The highest BCUT2D eigenvalue weighted by atomic mass is 127.